The number of anilines is 3. The van der Waals surface area contributed by atoms with Gasteiger partial charge < -0.3 is 21.5 Å². The maximum Gasteiger partial charge on any atom is 0.328 e. The number of fused-ring (bicyclic) bond motifs is 2. The topological polar surface area (TPSA) is 148 Å². The normalized spacial score (nSPS) is 25.0. The van der Waals surface area contributed by atoms with E-state index in [0.29, 0.717) is 5.69 Å². The second-order valence-electron chi connectivity index (χ2n) is 8.30. The number of nitrogens with two attached hydrogens (primary N) is 1. The van der Waals surface area contributed by atoms with Gasteiger partial charge in [0.1, 0.15) is 0 Å². The molecule has 5 N–H and O–H groups in total. The Balaban J connectivity index is 1.52. The standard InChI is InChI=1S/C20H24FN7O3/c1-9(2)16(19(30)31)28-8-12(6-24-28)25-20-23-7-13(21)18(27-20)26-15-11-4-3-10(5-11)14(15)17(22)29/h3-4,6-11,14-16H,5H2,1-2H3,(H2,22,29)(H,30,31)(H2,23,25,26,27)/t10-,11-,14-,15-,16?/m1/s1. The molecule has 1 saturated carbocycles. The lowest BCUT2D eigenvalue weighted by molar-refractivity contribution is -0.142. The molecule has 10 nitrogen and oxygen atoms in total. The molecular formula is C20H24FN7O3. The highest BCUT2D eigenvalue weighted by atomic mass is 19.1. The van der Waals surface area contributed by atoms with Crippen LogP contribution in [0, 0.1) is 29.5 Å². The van der Waals surface area contributed by atoms with E-state index < -0.39 is 29.7 Å². The van der Waals surface area contributed by atoms with E-state index in [2.05, 4.69) is 25.7 Å². The Hall–Kier alpha value is -3.50. The van der Waals surface area contributed by atoms with Crippen LogP contribution in [0.2, 0.25) is 0 Å². The maximum absolute atomic E-state index is 14.4. The number of hydrogen-bond donors (Lipinski definition) is 4. The Kier molecular flexibility index (Phi) is 5.34. The first kappa shape index (κ1) is 20.8. The summed E-state index contributed by atoms with van der Waals surface area (Å²) >= 11 is 0. The number of aromatic nitrogens is 4. The first-order valence-corrected chi connectivity index (χ1v) is 10.0. The lowest BCUT2D eigenvalue weighted by atomic mass is 9.88. The molecule has 0 aliphatic heterocycles. The summed E-state index contributed by atoms with van der Waals surface area (Å²) in [5.41, 5.74) is 6.03. The zero-order chi connectivity index (χ0) is 22.3. The van der Waals surface area contributed by atoms with Crippen LogP contribution in [0.25, 0.3) is 0 Å². The molecule has 2 aliphatic rings. The smallest absolute Gasteiger partial charge is 0.328 e. The second kappa shape index (κ2) is 7.97. The zero-order valence-electron chi connectivity index (χ0n) is 17.1. The fraction of sp³-hybridized carbons (Fsp3) is 0.450. The van der Waals surface area contributed by atoms with Crippen LogP contribution in [0.15, 0.2) is 30.7 Å². The maximum atomic E-state index is 14.4. The van der Waals surface area contributed by atoms with Gasteiger partial charge in [-0.05, 0) is 24.2 Å². The molecule has 2 heterocycles. The number of carbonyl (C=O) groups excluding carboxylic acids is 1. The largest absolute Gasteiger partial charge is 0.480 e. The quantitative estimate of drug-likeness (QED) is 0.465. The summed E-state index contributed by atoms with van der Waals surface area (Å²) in [6.45, 7) is 3.58. The van der Waals surface area contributed by atoms with E-state index in [9.17, 15) is 19.1 Å². The first-order valence-electron chi connectivity index (χ1n) is 10.0. The van der Waals surface area contributed by atoms with Crippen LogP contribution in [0.4, 0.5) is 21.8 Å². The van der Waals surface area contributed by atoms with Crippen LogP contribution in [-0.4, -0.2) is 42.8 Å². The number of carbonyl (C=O) groups is 2. The molecule has 2 aliphatic carbocycles. The zero-order valence-corrected chi connectivity index (χ0v) is 17.1. The molecule has 0 saturated heterocycles. The van der Waals surface area contributed by atoms with E-state index in [1.54, 1.807) is 13.8 Å². The predicted molar refractivity (Wildman–Crippen MR) is 110 cm³/mol. The number of nitrogens with one attached hydrogen (secondary N) is 2. The van der Waals surface area contributed by atoms with Gasteiger partial charge >= 0.3 is 5.97 Å². The fourth-order valence-electron chi connectivity index (χ4n) is 4.48. The number of carboxylic acid groups (broad SMARTS) is 1. The number of halogens is 1. The highest BCUT2D eigenvalue weighted by molar-refractivity contribution is 5.79. The van der Waals surface area contributed by atoms with Gasteiger partial charge in [-0.3, -0.25) is 9.48 Å². The monoisotopic (exact) mass is 429 g/mol. The van der Waals surface area contributed by atoms with Gasteiger partial charge in [0.15, 0.2) is 17.7 Å². The number of amides is 1. The molecule has 1 fully saturated rings. The highest BCUT2D eigenvalue weighted by Gasteiger charge is 2.47. The van der Waals surface area contributed by atoms with Crippen LogP contribution in [-0.2, 0) is 9.59 Å². The van der Waals surface area contributed by atoms with Crippen LogP contribution in [0.5, 0.6) is 0 Å². The average Bonchev–Trinajstić information content (AvgIpc) is 3.40. The number of rotatable bonds is 8. The number of aliphatic carboxylic acids is 1. The number of allylic oxidation sites excluding steroid dienone is 1. The molecule has 0 aromatic carbocycles. The van der Waals surface area contributed by atoms with Gasteiger partial charge in [-0.1, -0.05) is 26.0 Å². The molecule has 2 bridgehead atoms. The molecule has 11 heteroatoms. The van der Waals surface area contributed by atoms with Crippen molar-refractivity contribution in [2.45, 2.75) is 32.4 Å². The van der Waals surface area contributed by atoms with Crippen molar-refractivity contribution in [3.8, 4) is 0 Å². The summed E-state index contributed by atoms with van der Waals surface area (Å²) in [7, 11) is 0. The van der Waals surface area contributed by atoms with E-state index in [1.807, 2.05) is 12.2 Å². The van der Waals surface area contributed by atoms with Gasteiger partial charge in [0.05, 0.1) is 24.0 Å². The van der Waals surface area contributed by atoms with Crippen LogP contribution >= 0.6 is 0 Å². The third-order valence-electron chi connectivity index (χ3n) is 5.86. The molecule has 2 aromatic rings. The lowest BCUT2D eigenvalue weighted by Gasteiger charge is -2.27. The summed E-state index contributed by atoms with van der Waals surface area (Å²) in [6, 6.07) is -1.16. The Morgan fingerprint density at radius 3 is 2.71 bits per heavy atom. The van der Waals surface area contributed by atoms with E-state index >= 15 is 0 Å². The van der Waals surface area contributed by atoms with Crippen molar-refractivity contribution in [2.24, 2.45) is 29.4 Å². The molecule has 164 valence electrons. The number of primary amides is 1. The van der Waals surface area contributed by atoms with E-state index in [-0.39, 0.29) is 35.6 Å². The summed E-state index contributed by atoms with van der Waals surface area (Å²) in [5.74, 6) is -2.46. The summed E-state index contributed by atoms with van der Waals surface area (Å²) in [6.07, 6.45) is 8.80. The van der Waals surface area contributed by atoms with Gasteiger partial charge in [-0.15, -0.1) is 0 Å². The average molecular weight is 429 g/mol. The summed E-state index contributed by atoms with van der Waals surface area (Å²) in [4.78, 5) is 31.5. The summed E-state index contributed by atoms with van der Waals surface area (Å²) in [5, 5.41) is 19.5. The molecule has 31 heavy (non-hydrogen) atoms. The van der Waals surface area contributed by atoms with Crippen LogP contribution in [0.1, 0.15) is 26.3 Å². The molecule has 4 rings (SSSR count). The third kappa shape index (κ3) is 3.94. The summed E-state index contributed by atoms with van der Waals surface area (Å²) < 4.78 is 15.7. The van der Waals surface area contributed by atoms with E-state index in [0.717, 1.165) is 12.6 Å². The molecule has 5 atom stereocenters. The van der Waals surface area contributed by atoms with Gasteiger partial charge in [0, 0.05) is 12.2 Å². The molecule has 0 radical (unpaired) electrons. The number of carboxylic acids is 1. The minimum atomic E-state index is -0.988. The lowest BCUT2D eigenvalue weighted by Crippen LogP contribution is -2.41. The van der Waals surface area contributed by atoms with Crippen molar-refractivity contribution < 1.29 is 19.1 Å². The highest BCUT2D eigenvalue weighted by Crippen LogP contribution is 2.44. The van der Waals surface area contributed by atoms with Crippen molar-refractivity contribution in [3.05, 3.63) is 36.6 Å². The molecule has 1 unspecified atom stereocenters. The van der Waals surface area contributed by atoms with Crippen molar-refractivity contribution in [3.63, 3.8) is 0 Å². The van der Waals surface area contributed by atoms with Crippen LogP contribution in [0.3, 0.4) is 0 Å². The van der Waals surface area contributed by atoms with Crippen molar-refractivity contribution in [2.75, 3.05) is 10.6 Å². The Labute approximate surface area is 177 Å². The number of nitrogens with zero attached hydrogens (tertiary/aromatic N) is 4. The Bertz CT molecular complexity index is 1040. The van der Waals surface area contributed by atoms with Crippen molar-refractivity contribution in [1.29, 1.82) is 0 Å². The Morgan fingerprint density at radius 1 is 1.29 bits per heavy atom. The van der Waals surface area contributed by atoms with Gasteiger partial charge in [0.2, 0.25) is 11.9 Å². The van der Waals surface area contributed by atoms with Gasteiger partial charge in [0.25, 0.3) is 0 Å². The SMILES string of the molecule is CC(C)C(C(=O)O)n1cc(Nc2ncc(F)c(N[C@H]3[C@H](C(N)=O)[C@@H]4C=C[C@@H]3C4)n2)cn1. The third-order valence-corrected chi connectivity index (χ3v) is 5.86. The fourth-order valence-corrected chi connectivity index (χ4v) is 4.48. The van der Waals surface area contributed by atoms with Crippen molar-refractivity contribution >= 4 is 29.3 Å². The minimum Gasteiger partial charge on any atom is -0.480 e. The molecule has 1 amide bonds. The van der Waals surface area contributed by atoms with Crippen molar-refractivity contribution in [1.82, 2.24) is 19.7 Å². The molecular weight excluding hydrogens is 405 g/mol. The van der Waals surface area contributed by atoms with E-state index in [1.165, 1.54) is 17.1 Å². The van der Waals surface area contributed by atoms with Gasteiger partial charge in [-0.2, -0.15) is 10.1 Å². The molecule has 0 spiro atoms. The minimum absolute atomic E-state index is 0.0346. The van der Waals surface area contributed by atoms with Gasteiger partial charge in [-0.25, -0.2) is 14.2 Å². The first-order chi connectivity index (χ1) is 14.7. The second-order valence-corrected chi connectivity index (χ2v) is 8.30. The predicted octanol–water partition coefficient (Wildman–Crippen LogP) is 1.93. The van der Waals surface area contributed by atoms with E-state index in [4.69, 9.17) is 5.73 Å². The number of hydrogen-bond acceptors (Lipinski definition) is 7. The Morgan fingerprint density at radius 2 is 2.03 bits per heavy atom. The van der Waals surface area contributed by atoms with Crippen LogP contribution < -0.4 is 16.4 Å². The molecule has 2 aromatic heterocycles.